The summed E-state index contributed by atoms with van der Waals surface area (Å²) in [7, 11) is 0. The number of carbonyl (C=O) groups is 2. The van der Waals surface area contributed by atoms with Crippen LogP contribution in [0.1, 0.15) is 42.5 Å². The smallest absolute Gasteiger partial charge is 0.238 e. The van der Waals surface area contributed by atoms with Crippen molar-refractivity contribution in [1.29, 1.82) is 0 Å². The molecule has 1 aliphatic rings. The zero-order valence-corrected chi connectivity index (χ0v) is 17.6. The quantitative estimate of drug-likeness (QED) is 0.784. The molecule has 0 radical (unpaired) electrons. The maximum Gasteiger partial charge on any atom is 0.238 e. The molecular weight excluding hydrogens is 362 g/mol. The van der Waals surface area contributed by atoms with Crippen LogP contribution in [0.5, 0.6) is 0 Å². The van der Waals surface area contributed by atoms with Gasteiger partial charge >= 0.3 is 0 Å². The molecular formula is C24H31N3O2. The third-order valence-corrected chi connectivity index (χ3v) is 5.77. The average Bonchev–Trinajstić information content (AvgIpc) is 2.72. The number of nitrogens with one attached hydrogen (secondary N) is 2. The summed E-state index contributed by atoms with van der Waals surface area (Å²) in [5, 5.41) is 6.10. The molecule has 2 aromatic carbocycles. The Morgan fingerprint density at radius 2 is 1.72 bits per heavy atom. The Morgan fingerprint density at radius 1 is 1.03 bits per heavy atom. The Morgan fingerprint density at radius 3 is 2.38 bits per heavy atom. The molecule has 5 heteroatoms. The van der Waals surface area contributed by atoms with Gasteiger partial charge in [0.2, 0.25) is 11.8 Å². The number of piperidine rings is 1. The highest BCUT2D eigenvalue weighted by Gasteiger charge is 2.26. The molecule has 1 unspecified atom stereocenters. The van der Waals surface area contributed by atoms with Gasteiger partial charge in [-0.25, -0.2) is 0 Å². The van der Waals surface area contributed by atoms with E-state index in [-0.39, 0.29) is 23.8 Å². The lowest BCUT2D eigenvalue weighted by Gasteiger charge is -2.31. The van der Waals surface area contributed by atoms with Crippen LogP contribution in [0.15, 0.2) is 48.5 Å². The fourth-order valence-corrected chi connectivity index (χ4v) is 3.73. The molecule has 154 valence electrons. The highest BCUT2D eigenvalue weighted by molar-refractivity contribution is 5.92. The predicted molar refractivity (Wildman–Crippen MR) is 117 cm³/mol. The van der Waals surface area contributed by atoms with Crippen LogP contribution in [-0.4, -0.2) is 36.3 Å². The molecule has 1 fully saturated rings. The summed E-state index contributed by atoms with van der Waals surface area (Å²) in [5.41, 5.74) is 4.33. The van der Waals surface area contributed by atoms with E-state index in [0.717, 1.165) is 37.2 Å². The SMILES string of the molecule is Cc1ccc(NC(=O)CN2CCC(C(=O)NC(C)c3ccccc3)CC2)cc1C. The largest absolute Gasteiger partial charge is 0.349 e. The fraction of sp³-hybridized carbons (Fsp3) is 0.417. The second-order valence-corrected chi connectivity index (χ2v) is 8.04. The van der Waals surface area contributed by atoms with Crippen molar-refractivity contribution in [2.24, 2.45) is 5.92 Å². The van der Waals surface area contributed by atoms with E-state index in [2.05, 4.69) is 22.5 Å². The summed E-state index contributed by atoms with van der Waals surface area (Å²) in [6, 6.07) is 16.0. The number of benzene rings is 2. The first kappa shape index (κ1) is 21.1. The Labute approximate surface area is 173 Å². The summed E-state index contributed by atoms with van der Waals surface area (Å²) in [4.78, 5) is 27.1. The molecule has 3 rings (SSSR count). The lowest BCUT2D eigenvalue weighted by molar-refractivity contribution is -0.127. The summed E-state index contributed by atoms with van der Waals surface area (Å²) in [6.45, 7) is 8.00. The molecule has 5 nitrogen and oxygen atoms in total. The Bertz CT molecular complexity index is 842. The molecule has 1 heterocycles. The highest BCUT2D eigenvalue weighted by atomic mass is 16.2. The van der Waals surface area contributed by atoms with Gasteiger partial charge in [0.1, 0.15) is 0 Å². The molecule has 2 N–H and O–H groups in total. The van der Waals surface area contributed by atoms with Gasteiger partial charge in [0, 0.05) is 11.6 Å². The molecule has 0 aromatic heterocycles. The molecule has 0 spiro atoms. The van der Waals surface area contributed by atoms with Gasteiger partial charge in [0.15, 0.2) is 0 Å². The van der Waals surface area contributed by atoms with Crippen LogP contribution in [0.25, 0.3) is 0 Å². The van der Waals surface area contributed by atoms with E-state index in [1.165, 1.54) is 11.1 Å². The lowest BCUT2D eigenvalue weighted by atomic mass is 9.95. The number of aryl methyl sites for hydroxylation is 2. The summed E-state index contributed by atoms with van der Waals surface area (Å²) >= 11 is 0. The predicted octanol–water partition coefficient (Wildman–Crippen LogP) is 3.83. The second kappa shape index (κ2) is 9.70. The monoisotopic (exact) mass is 393 g/mol. The van der Waals surface area contributed by atoms with Crippen LogP contribution in [0.2, 0.25) is 0 Å². The molecule has 0 aliphatic carbocycles. The molecule has 2 amide bonds. The summed E-state index contributed by atoms with van der Waals surface area (Å²) < 4.78 is 0. The van der Waals surface area contributed by atoms with Gasteiger partial charge in [-0.2, -0.15) is 0 Å². The van der Waals surface area contributed by atoms with Crippen LogP contribution < -0.4 is 10.6 Å². The molecule has 1 aliphatic heterocycles. The minimum absolute atomic E-state index is 0.00507. The van der Waals surface area contributed by atoms with Gasteiger partial charge in [-0.3, -0.25) is 14.5 Å². The van der Waals surface area contributed by atoms with Gasteiger partial charge in [0.25, 0.3) is 0 Å². The first-order chi connectivity index (χ1) is 13.9. The molecule has 2 aromatic rings. The maximum absolute atomic E-state index is 12.6. The number of likely N-dealkylation sites (tertiary alicyclic amines) is 1. The van der Waals surface area contributed by atoms with Crippen LogP contribution in [-0.2, 0) is 9.59 Å². The highest BCUT2D eigenvalue weighted by Crippen LogP contribution is 2.20. The van der Waals surface area contributed by atoms with Crippen LogP contribution in [0.3, 0.4) is 0 Å². The lowest BCUT2D eigenvalue weighted by Crippen LogP contribution is -2.43. The Balaban J connectivity index is 1.43. The zero-order chi connectivity index (χ0) is 20.8. The average molecular weight is 394 g/mol. The normalized spacial score (nSPS) is 16.2. The Hall–Kier alpha value is -2.66. The van der Waals surface area contributed by atoms with Gasteiger partial charge in [-0.05, 0) is 75.5 Å². The third-order valence-electron chi connectivity index (χ3n) is 5.77. The van der Waals surface area contributed by atoms with Gasteiger partial charge in [-0.15, -0.1) is 0 Å². The Kier molecular flexibility index (Phi) is 7.04. The molecule has 1 atom stereocenters. The first-order valence-electron chi connectivity index (χ1n) is 10.4. The number of hydrogen-bond acceptors (Lipinski definition) is 3. The van der Waals surface area contributed by atoms with E-state index >= 15 is 0 Å². The molecule has 29 heavy (non-hydrogen) atoms. The van der Waals surface area contributed by atoms with Crippen molar-refractivity contribution in [3.8, 4) is 0 Å². The number of hydrogen-bond donors (Lipinski definition) is 2. The van der Waals surface area contributed by atoms with E-state index in [1.54, 1.807) is 0 Å². The van der Waals surface area contributed by atoms with Crippen molar-refractivity contribution in [3.63, 3.8) is 0 Å². The maximum atomic E-state index is 12.6. The zero-order valence-electron chi connectivity index (χ0n) is 17.6. The van der Waals surface area contributed by atoms with Crippen LogP contribution in [0.4, 0.5) is 5.69 Å². The summed E-state index contributed by atoms with van der Waals surface area (Å²) in [5.74, 6) is 0.120. The van der Waals surface area contributed by atoms with Gasteiger partial charge < -0.3 is 10.6 Å². The number of carbonyl (C=O) groups excluding carboxylic acids is 2. The van der Waals surface area contributed by atoms with E-state index in [0.29, 0.717) is 6.54 Å². The molecule has 0 saturated carbocycles. The van der Waals surface area contributed by atoms with Crippen molar-refractivity contribution in [2.75, 3.05) is 25.0 Å². The standard InChI is InChI=1S/C24H31N3O2/c1-17-9-10-22(15-18(17)2)26-23(28)16-27-13-11-21(12-14-27)24(29)25-19(3)20-7-5-4-6-8-20/h4-10,15,19,21H,11-14,16H2,1-3H3,(H,25,29)(H,26,28). The topological polar surface area (TPSA) is 61.4 Å². The minimum Gasteiger partial charge on any atom is -0.349 e. The van der Waals surface area contributed by atoms with Crippen molar-refractivity contribution in [1.82, 2.24) is 10.2 Å². The second-order valence-electron chi connectivity index (χ2n) is 8.04. The number of amides is 2. The number of rotatable bonds is 6. The van der Waals surface area contributed by atoms with E-state index in [4.69, 9.17) is 0 Å². The molecule has 1 saturated heterocycles. The van der Waals surface area contributed by atoms with E-state index in [1.807, 2.05) is 62.4 Å². The van der Waals surface area contributed by atoms with Crippen LogP contribution >= 0.6 is 0 Å². The van der Waals surface area contributed by atoms with Crippen molar-refractivity contribution in [3.05, 3.63) is 65.2 Å². The van der Waals surface area contributed by atoms with Gasteiger partial charge in [-0.1, -0.05) is 36.4 Å². The van der Waals surface area contributed by atoms with Crippen molar-refractivity contribution < 1.29 is 9.59 Å². The fourth-order valence-electron chi connectivity index (χ4n) is 3.73. The number of nitrogens with zero attached hydrogens (tertiary/aromatic N) is 1. The van der Waals surface area contributed by atoms with Crippen LogP contribution in [0, 0.1) is 19.8 Å². The first-order valence-corrected chi connectivity index (χ1v) is 10.4. The van der Waals surface area contributed by atoms with Crippen molar-refractivity contribution in [2.45, 2.75) is 39.7 Å². The number of anilines is 1. The van der Waals surface area contributed by atoms with Gasteiger partial charge in [0.05, 0.1) is 12.6 Å². The minimum atomic E-state index is -0.00569. The molecule has 0 bridgehead atoms. The van der Waals surface area contributed by atoms with E-state index < -0.39 is 0 Å². The van der Waals surface area contributed by atoms with E-state index in [9.17, 15) is 9.59 Å². The van der Waals surface area contributed by atoms with Crippen molar-refractivity contribution >= 4 is 17.5 Å². The summed E-state index contributed by atoms with van der Waals surface area (Å²) in [6.07, 6.45) is 1.56. The third kappa shape index (κ3) is 5.91.